The Balaban J connectivity index is 3.02. The quantitative estimate of drug-likeness (QED) is 0.623. The highest BCUT2D eigenvalue weighted by Crippen LogP contribution is 2.27. The summed E-state index contributed by atoms with van der Waals surface area (Å²) in [7, 11) is -5.99. The first-order valence-corrected chi connectivity index (χ1v) is 9.96. The van der Waals surface area contributed by atoms with Crippen molar-refractivity contribution in [3.05, 3.63) is 29.9 Å². The van der Waals surface area contributed by atoms with Crippen LogP contribution >= 0.6 is 11.5 Å². The largest absolute Gasteiger partial charge is 0.266 e. The Hall–Kier alpha value is -1.58. The molecule has 0 aromatic carbocycles. The first-order valence-electron chi connectivity index (χ1n) is 6.22. The molecule has 0 fully saturated rings. The van der Waals surface area contributed by atoms with Gasteiger partial charge in [0.2, 0.25) is 0 Å². The van der Waals surface area contributed by atoms with E-state index in [2.05, 4.69) is 4.37 Å². The fraction of sp³-hybridized carbons (Fsp3) is 0.333. The molecule has 1 atom stereocenters. The summed E-state index contributed by atoms with van der Waals surface area (Å²) >= 11 is 0.511. The molecule has 0 spiro atoms. The number of hydrogen-bond acceptors (Lipinski definition) is 6. The van der Waals surface area contributed by atoms with Gasteiger partial charge in [-0.1, -0.05) is 0 Å². The smallest absolute Gasteiger partial charge is 0.253 e. The van der Waals surface area contributed by atoms with Gasteiger partial charge >= 0.3 is 0 Å². The third-order valence-electron chi connectivity index (χ3n) is 2.53. The highest BCUT2D eigenvalue weighted by atomic mass is 32.2. The average Bonchev–Trinajstić information content (AvgIpc) is 2.90. The van der Waals surface area contributed by atoms with Crippen LogP contribution in [-0.4, -0.2) is 28.5 Å². The minimum Gasteiger partial charge on any atom is -0.253 e. The summed E-state index contributed by atoms with van der Waals surface area (Å²) < 4.78 is 87.3. The lowest BCUT2D eigenvalue weighted by Gasteiger charge is -2.00. The molecule has 132 valence electrons. The molecule has 0 aliphatic heterocycles. The van der Waals surface area contributed by atoms with Crippen molar-refractivity contribution >= 4 is 32.2 Å². The number of allylic oxidation sites excluding steroid dienone is 2. The van der Waals surface area contributed by atoms with Gasteiger partial charge in [0.1, 0.15) is 15.8 Å². The van der Waals surface area contributed by atoms with Gasteiger partial charge in [0.15, 0.2) is 14.9 Å². The molecule has 24 heavy (non-hydrogen) atoms. The topological polar surface area (TPSA) is 87.9 Å². The molecule has 0 aliphatic rings. The molecule has 5 nitrogen and oxygen atoms in total. The van der Waals surface area contributed by atoms with Gasteiger partial charge in [-0.2, -0.15) is 27.2 Å². The summed E-state index contributed by atoms with van der Waals surface area (Å²) in [5.74, 6) is -0.922. The van der Waals surface area contributed by atoms with E-state index in [1.54, 1.807) is 6.07 Å². The molecule has 1 unspecified atom stereocenters. The second-order valence-corrected chi connectivity index (χ2v) is 8.76. The zero-order chi connectivity index (χ0) is 18.3. The molecule has 0 bridgehead atoms. The molecule has 1 aromatic heterocycles. The Morgan fingerprint density at radius 2 is 1.79 bits per heavy atom. The first-order chi connectivity index (χ1) is 11.2. The number of aromatic nitrogens is 1. The monoisotopic (exact) mass is 402 g/mol. The molecule has 1 aromatic rings. The van der Waals surface area contributed by atoms with E-state index in [0.29, 0.717) is 23.7 Å². The Labute approximate surface area is 141 Å². The number of nitrogens with zero attached hydrogens (tertiary/aromatic N) is 2. The van der Waals surface area contributed by atoms with Crippen molar-refractivity contribution in [3.63, 3.8) is 0 Å². The molecular weight excluding hydrogens is 392 g/mol. The van der Waals surface area contributed by atoms with Crippen LogP contribution in [0.1, 0.15) is 18.4 Å². The van der Waals surface area contributed by atoms with Crippen molar-refractivity contribution in [2.75, 3.05) is 11.5 Å². The van der Waals surface area contributed by atoms with E-state index in [0.717, 1.165) is 0 Å². The lowest BCUT2D eigenvalue weighted by molar-refractivity contribution is 0.417. The fourth-order valence-corrected chi connectivity index (χ4v) is 5.36. The van der Waals surface area contributed by atoms with Crippen LogP contribution in [0.2, 0.25) is 0 Å². The van der Waals surface area contributed by atoms with Gasteiger partial charge in [0.25, 0.3) is 12.2 Å². The van der Waals surface area contributed by atoms with Crippen LogP contribution in [0.5, 0.6) is 0 Å². The summed E-state index contributed by atoms with van der Waals surface area (Å²) in [5.41, 5.74) is -0.437. The van der Waals surface area contributed by atoms with Crippen LogP contribution in [-0.2, 0) is 20.6 Å². The first kappa shape index (κ1) is 20.5. The molecule has 1 heterocycles. The van der Waals surface area contributed by atoms with Gasteiger partial charge in [-0.25, -0.2) is 8.42 Å². The standard InChI is InChI=1S/C12H10F4N2O3S3/c13-9(14)3-1-5-23(19)12-8(7-17)11(18-22-12)24(20,21)6-2-4-10(15)16/h3-4H,1-2,5-6H2. The summed E-state index contributed by atoms with van der Waals surface area (Å²) in [4.78, 5) is 0. The maximum atomic E-state index is 12.0. The van der Waals surface area contributed by atoms with E-state index in [1.807, 2.05) is 0 Å². The van der Waals surface area contributed by atoms with Gasteiger partial charge in [-0.3, -0.25) is 4.21 Å². The molecule has 1 rings (SSSR count). The highest BCUT2D eigenvalue weighted by Gasteiger charge is 2.27. The van der Waals surface area contributed by atoms with E-state index in [1.165, 1.54) is 0 Å². The van der Waals surface area contributed by atoms with E-state index in [-0.39, 0.29) is 16.4 Å². The maximum Gasteiger partial charge on any atom is 0.266 e. The third-order valence-corrected chi connectivity index (χ3v) is 6.95. The average molecular weight is 402 g/mol. The van der Waals surface area contributed by atoms with Crippen molar-refractivity contribution in [2.24, 2.45) is 0 Å². The molecule has 0 saturated carbocycles. The Morgan fingerprint density at radius 1 is 1.21 bits per heavy atom. The minimum atomic E-state index is -4.11. The van der Waals surface area contributed by atoms with Gasteiger partial charge < -0.3 is 0 Å². The van der Waals surface area contributed by atoms with Gasteiger partial charge in [0, 0.05) is 5.75 Å². The minimum absolute atomic E-state index is 0.143. The third kappa shape index (κ3) is 5.81. The lowest BCUT2D eigenvalue weighted by Crippen LogP contribution is -2.09. The van der Waals surface area contributed by atoms with Crippen LogP contribution in [0.3, 0.4) is 0 Å². The second kappa shape index (κ2) is 9.05. The van der Waals surface area contributed by atoms with Crippen molar-refractivity contribution in [1.82, 2.24) is 4.37 Å². The van der Waals surface area contributed by atoms with Crippen LogP contribution in [0, 0.1) is 11.3 Å². The second-order valence-electron chi connectivity index (χ2n) is 4.20. The number of rotatable bonds is 8. The molecular formula is C12H10F4N2O3S3. The SMILES string of the molecule is N#Cc1c(S(=O)(=O)CCC=C(F)F)nsc1S(=O)CCC=C(F)F. The van der Waals surface area contributed by atoms with Gasteiger partial charge in [0.05, 0.1) is 16.6 Å². The summed E-state index contributed by atoms with van der Waals surface area (Å²) in [6.07, 6.45) is -3.67. The summed E-state index contributed by atoms with van der Waals surface area (Å²) in [6, 6.07) is 1.58. The van der Waals surface area contributed by atoms with Crippen molar-refractivity contribution in [2.45, 2.75) is 22.1 Å². The normalized spacial score (nSPS) is 12.3. The fourth-order valence-electron chi connectivity index (χ4n) is 1.51. The number of halogens is 4. The summed E-state index contributed by atoms with van der Waals surface area (Å²) in [6.45, 7) is 0. The zero-order valence-electron chi connectivity index (χ0n) is 11.8. The Morgan fingerprint density at radius 3 is 2.33 bits per heavy atom. The predicted molar refractivity (Wildman–Crippen MR) is 80.0 cm³/mol. The number of hydrogen-bond donors (Lipinski definition) is 0. The predicted octanol–water partition coefficient (Wildman–Crippen LogP) is 3.24. The molecule has 12 heteroatoms. The van der Waals surface area contributed by atoms with Crippen molar-refractivity contribution in [1.29, 1.82) is 5.26 Å². The van der Waals surface area contributed by atoms with Crippen LogP contribution in [0.15, 0.2) is 33.5 Å². The van der Waals surface area contributed by atoms with Gasteiger partial charge in [-0.05, 0) is 36.5 Å². The van der Waals surface area contributed by atoms with Crippen molar-refractivity contribution < 1.29 is 30.2 Å². The number of sulfone groups is 1. The van der Waals surface area contributed by atoms with E-state index < -0.39 is 55.6 Å². The molecule has 0 aliphatic carbocycles. The van der Waals surface area contributed by atoms with E-state index >= 15 is 0 Å². The molecule has 0 saturated heterocycles. The number of nitriles is 1. The van der Waals surface area contributed by atoms with Crippen LogP contribution in [0.4, 0.5) is 17.6 Å². The summed E-state index contributed by atoms with van der Waals surface area (Å²) in [5, 5.41) is 8.45. The Kier molecular flexibility index (Phi) is 7.71. The van der Waals surface area contributed by atoms with Crippen LogP contribution < -0.4 is 0 Å². The van der Waals surface area contributed by atoms with E-state index in [4.69, 9.17) is 5.26 Å². The molecule has 0 N–H and O–H groups in total. The van der Waals surface area contributed by atoms with Gasteiger partial charge in [-0.15, -0.1) is 0 Å². The molecule has 0 amide bonds. The highest BCUT2D eigenvalue weighted by molar-refractivity contribution is 7.91. The molecule has 0 radical (unpaired) electrons. The maximum absolute atomic E-state index is 12.0. The van der Waals surface area contributed by atoms with E-state index in [9.17, 15) is 30.2 Å². The Bertz CT molecular complexity index is 817. The van der Waals surface area contributed by atoms with Crippen molar-refractivity contribution in [3.8, 4) is 6.07 Å². The van der Waals surface area contributed by atoms with Crippen LogP contribution in [0.25, 0.3) is 0 Å². The lowest BCUT2D eigenvalue weighted by atomic mass is 10.4. The zero-order valence-corrected chi connectivity index (χ0v) is 14.3.